The number of carbonyl (C=O) groups is 1. The van der Waals surface area contributed by atoms with Gasteiger partial charge in [0.25, 0.3) is 5.91 Å². The maximum absolute atomic E-state index is 12.3. The molecular formula is C20H20N2O3S. The Balaban J connectivity index is 1.55. The van der Waals surface area contributed by atoms with Crippen LogP contribution in [0.25, 0.3) is 0 Å². The summed E-state index contributed by atoms with van der Waals surface area (Å²) in [7, 11) is 1.60. The number of anilines is 1. The molecule has 3 rings (SSSR count). The van der Waals surface area contributed by atoms with Crippen molar-refractivity contribution >= 4 is 22.4 Å². The predicted molar refractivity (Wildman–Crippen MR) is 103 cm³/mol. The number of carbonyl (C=O) groups excluding carboxylic acids is 1. The van der Waals surface area contributed by atoms with Crippen LogP contribution >= 0.6 is 11.3 Å². The minimum Gasteiger partial charge on any atom is -0.497 e. The Morgan fingerprint density at radius 3 is 2.50 bits per heavy atom. The van der Waals surface area contributed by atoms with Crippen LogP contribution in [0, 0.1) is 0 Å². The fraction of sp³-hybridized carbons (Fsp3) is 0.200. The molecule has 5 nitrogen and oxygen atoms in total. The summed E-state index contributed by atoms with van der Waals surface area (Å²) >= 11 is 1.47. The minimum atomic E-state index is -0.634. The Hall–Kier alpha value is -2.86. The summed E-state index contributed by atoms with van der Waals surface area (Å²) in [4.78, 5) is 17.7. The fourth-order valence-corrected chi connectivity index (χ4v) is 3.21. The second-order valence-electron chi connectivity index (χ2n) is 5.72. The minimum absolute atomic E-state index is 0.235. The first kappa shape index (κ1) is 17.9. The molecule has 1 heterocycles. The molecule has 1 N–H and O–H groups in total. The van der Waals surface area contributed by atoms with Gasteiger partial charge in [-0.1, -0.05) is 30.3 Å². The van der Waals surface area contributed by atoms with Crippen LogP contribution in [0.15, 0.2) is 60.8 Å². The first-order chi connectivity index (χ1) is 12.6. The molecule has 0 aliphatic rings. The molecule has 2 aromatic carbocycles. The van der Waals surface area contributed by atoms with Crippen LogP contribution in [0.1, 0.15) is 17.4 Å². The lowest BCUT2D eigenvalue weighted by molar-refractivity contribution is -0.122. The summed E-state index contributed by atoms with van der Waals surface area (Å²) in [6, 6.07) is 17.3. The second-order valence-corrected chi connectivity index (χ2v) is 6.83. The van der Waals surface area contributed by atoms with E-state index in [9.17, 15) is 4.79 Å². The highest BCUT2D eigenvalue weighted by molar-refractivity contribution is 7.15. The average Bonchev–Trinajstić information content (AvgIpc) is 3.10. The van der Waals surface area contributed by atoms with Crippen molar-refractivity contribution in [1.29, 1.82) is 0 Å². The molecule has 0 aliphatic heterocycles. The zero-order valence-corrected chi connectivity index (χ0v) is 15.5. The SMILES string of the molecule is COc1ccc(OC(C)C(=O)Nc2ncc(Cc3ccccc3)s2)cc1. The zero-order valence-electron chi connectivity index (χ0n) is 14.6. The number of methoxy groups -OCH3 is 1. The third kappa shape index (κ3) is 4.83. The van der Waals surface area contributed by atoms with Gasteiger partial charge in [-0.3, -0.25) is 10.1 Å². The summed E-state index contributed by atoms with van der Waals surface area (Å²) in [6.45, 7) is 1.71. The van der Waals surface area contributed by atoms with Gasteiger partial charge in [0.2, 0.25) is 0 Å². The number of nitrogens with one attached hydrogen (secondary N) is 1. The number of rotatable bonds is 7. The van der Waals surface area contributed by atoms with Crippen molar-refractivity contribution in [2.75, 3.05) is 12.4 Å². The third-order valence-corrected chi connectivity index (χ3v) is 4.66. The van der Waals surface area contributed by atoms with Crippen molar-refractivity contribution in [2.45, 2.75) is 19.4 Å². The summed E-state index contributed by atoms with van der Waals surface area (Å²) in [6.07, 6.45) is 1.96. The molecule has 0 spiro atoms. The molecule has 1 aromatic heterocycles. The fourth-order valence-electron chi connectivity index (χ4n) is 2.36. The molecule has 134 valence electrons. The highest BCUT2D eigenvalue weighted by Crippen LogP contribution is 2.22. The summed E-state index contributed by atoms with van der Waals surface area (Å²) in [5, 5.41) is 3.38. The summed E-state index contributed by atoms with van der Waals surface area (Å²) in [5.74, 6) is 1.11. The van der Waals surface area contributed by atoms with Gasteiger partial charge < -0.3 is 9.47 Å². The topological polar surface area (TPSA) is 60.5 Å². The van der Waals surface area contributed by atoms with E-state index < -0.39 is 6.10 Å². The molecule has 0 radical (unpaired) electrons. The summed E-state index contributed by atoms with van der Waals surface area (Å²) in [5.41, 5.74) is 1.21. The van der Waals surface area contributed by atoms with Crippen LogP contribution in [0.5, 0.6) is 11.5 Å². The van der Waals surface area contributed by atoms with Crippen LogP contribution in [-0.2, 0) is 11.2 Å². The van der Waals surface area contributed by atoms with Crippen molar-refractivity contribution in [3.8, 4) is 11.5 Å². The van der Waals surface area contributed by atoms with Crippen LogP contribution in [0.4, 0.5) is 5.13 Å². The number of aromatic nitrogens is 1. The van der Waals surface area contributed by atoms with Gasteiger partial charge in [0, 0.05) is 17.5 Å². The molecule has 1 amide bonds. The number of amides is 1. The number of hydrogen-bond acceptors (Lipinski definition) is 5. The maximum Gasteiger partial charge on any atom is 0.266 e. The van der Waals surface area contributed by atoms with Gasteiger partial charge in [0.05, 0.1) is 7.11 Å². The molecule has 1 unspecified atom stereocenters. The second kappa shape index (κ2) is 8.49. The first-order valence-corrected chi connectivity index (χ1v) is 9.06. The van der Waals surface area contributed by atoms with Gasteiger partial charge in [-0.05, 0) is 36.8 Å². The Kier molecular flexibility index (Phi) is 5.86. The van der Waals surface area contributed by atoms with E-state index in [1.807, 2.05) is 18.2 Å². The van der Waals surface area contributed by atoms with Crippen molar-refractivity contribution < 1.29 is 14.3 Å². The van der Waals surface area contributed by atoms with E-state index in [-0.39, 0.29) is 5.91 Å². The van der Waals surface area contributed by atoms with Crippen LogP contribution < -0.4 is 14.8 Å². The van der Waals surface area contributed by atoms with E-state index in [2.05, 4.69) is 22.4 Å². The van der Waals surface area contributed by atoms with Gasteiger partial charge in [0.15, 0.2) is 11.2 Å². The van der Waals surface area contributed by atoms with E-state index in [0.717, 1.165) is 17.0 Å². The van der Waals surface area contributed by atoms with E-state index in [0.29, 0.717) is 10.9 Å². The third-order valence-electron chi connectivity index (χ3n) is 3.75. The van der Waals surface area contributed by atoms with Crippen molar-refractivity contribution in [1.82, 2.24) is 4.98 Å². The molecule has 0 saturated carbocycles. The standard InChI is InChI=1S/C20H20N2O3S/c1-14(25-17-10-8-16(24-2)9-11-17)19(23)22-20-21-13-18(26-20)12-15-6-4-3-5-7-15/h3-11,13-14H,12H2,1-2H3,(H,21,22,23). The lowest BCUT2D eigenvalue weighted by Gasteiger charge is -2.13. The summed E-state index contributed by atoms with van der Waals surface area (Å²) < 4.78 is 10.8. The smallest absolute Gasteiger partial charge is 0.266 e. The number of hydrogen-bond donors (Lipinski definition) is 1. The molecule has 26 heavy (non-hydrogen) atoms. The molecular weight excluding hydrogens is 348 g/mol. The van der Waals surface area contributed by atoms with Gasteiger partial charge in [-0.15, -0.1) is 11.3 Å². The Labute approximate surface area is 156 Å². The lowest BCUT2D eigenvalue weighted by Crippen LogP contribution is -2.30. The predicted octanol–water partition coefficient (Wildman–Crippen LogP) is 4.15. The Morgan fingerprint density at radius 2 is 1.81 bits per heavy atom. The molecule has 1 atom stereocenters. The largest absolute Gasteiger partial charge is 0.497 e. The van der Waals surface area contributed by atoms with Crippen LogP contribution in [0.3, 0.4) is 0 Å². The molecule has 0 fully saturated rings. The highest BCUT2D eigenvalue weighted by Gasteiger charge is 2.16. The number of nitrogens with zero attached hydrogens (tertiary/aromatic N) is 1. The van der Waals surface area contributed by atoms with Gasteiger partial charge in [0.1, 0.15) is 11.5 Å². The molecule has 0 bridgehead atoms. The number of benzene rings is 2. The van der Waals surface area contributed by atoms with Gasteiger partial charge >= 0.3 is 0 Å². The number of thiazole rings is 1. The van der Waals surface area contributed by atoms with E-state index in [1.165, 1.54) is 16.9 Å². The first-order valence-electron chi connectivity index (χ1n) is 8.24. The van der Waals surface area contributed by atoms with E-state index in [1.54, 1.807) is 44.5 Å². The van der Waals surface area contributed by atoms with Crippen LogP contribution in [0.2, 0.25) is 0 Å². The molecule has 3 aromatic rings. The molecule has 0 aliphatic carbocycles. The van der Waals surface area contributed by atoms with E-state index in [4.69, 9.17) is 9.47 Å². The van der Waals surface area contributed by atoms with Crippen molar-refractivity contribution in [2.24, 2.45) is 0 Å². The van der Waals surface area contributed by atoms with Crippen molar-refractivity contribution in [3.63, 3.8) is 0 Å². The van der Waals surface area contributed by atoms with Gasteiger partial charge in [-0.2, -0.15) is 0 Å². The van der Waals surface area contributed by atoms with Gasteiger partial charge in [-0.25, -0.2) is 4.98 Å². The molecule has 0 saturated heterocycles. The number of ether oxygens (including phenoxy) is 2. The monoisotopic (exact) mass is 368 g/mol. The zero-order chi connectivity index (χ0) is 18.4. The molecule has 6 heteroatoms. The average molecular weight is 368 g/mol. The highest BCUT2D eigenvalue weighted by atomic mass is 32.1. The Morgan fingerprint density at radius 1 is 1.12 bits per heavy atom. The normalized spacial score (nSPS) is 11.6. The Bertz CT molecular complexity index is 847. The quantitative estimate of drug-likeness (QED) is 0.681. The lowest BCUT2D eigenvalue weighted by atomic mass is 10.1. The van der Waals surface area contributed by atoms with Crippen molar-refractivity contribution in [3.05, 3.63) is 71.2 Å². The van der Waals surface area contributed by atoms with E-state index >= 15 is 0 Å². The van der Waals surface area contributed by atoms with Crippen LogP contribution in [-0.4, -0.2) is 24.1 Å². The maximum atomic E-state index is 12.3.